The van der Waals surface area contributed by atoms with Crippen molar-refractivity contribution in [2.24, 2.45) is 0 Å². The van der Waals surface area contributed by atoms with Gasteiger partial charge in [0.1, 0.15) is 0 Å². The van der Waals surface area contributed by atoms with Crippen LogP contribution in [-0.4, -0.2) is 18.3 Å². The zero-order chi connectivity index (χ0) is 14.7. The Hall–Kier alpha value is -1.66. The Morgan fingerprint density at radius 1 is 1.50 bits per heavy atom. The van der Waals surface area contributed by atoms with Gasteiger partial charge in [-0.1, -0.05) is 37.8 Å². The van der Waals surface area contributed by atoms with E-state index in [4.69, 9.17) is 5.26 Å². The molecule has 0 saturated carbocycles. The first kappa shape index (κ1) is 14.7. The summed E-state index contributed by atoms with van der Waals surface area (Å²) in [5.74, 6) is -0.0692. The average molecular weight is 284 g/mol. The van der Waals surface area contributed by atoms with E-state index in [-0.39, 0.29) is 5.92 Å². The summed E-state index contributed by atoms with van der Waals surface area (Å²) < 4.78 is 0. The van der Waals surface area contributed by atoms with Crippen molar-refractivity contribution in [1.29, 1.82) is 5.26 Å². The van der Waals surface area contributed by atoms with E-state index >= 15 is 0 Å². The molecular weight excluding hydrogens is 264 g/mol. The van der Waals surface area contributed by atoms with Gasteiger partial charge in [0.25, 0.3) is 0 Å². The van der Waals surface area contributed by atoms with Crippen LogP contribution >= 0.6 is 11.8 Å². The summed E-state index contributed by atoms with van der Waals surface area (Å²) in [5.41, 5.74) is 2.30. The number of likely N-dealkylation sites (N-methyl/N-ethyl adjacent to an activating group) is 1. The van der Waals surface area contributed by atoms with Gasteiger partial charge in [-0.15, -0.1) is 11.8 Å². The molecule has 0 fully saturated rings. The molecule has 1 aliphatic rings. The highest BCUT2D eigenvalue weighted by Crippen LogP contribution is 2.42. The molecule has 2 nitrogen and oxygen atoms in total. The molecule has 0 bridgehead atoms. The first-order chi connectivity index (χ1) is 9.58. The third-order valence-corrected chi connectivity index (χ3v) is 4.99. The topological polar surface area (TPSA) is 27.0 Å². The van der Waals surface area contributed by atoms with Gasteiger partial charge in [-0.25, -0.2) is 0 Å². The Morgan fingerprint density at radius 2 is 2.25 bits per heavy atom. The molecule has 0 amide bonds. The van der Waals surface area contributed by atoms with E-state index in [1.807, 2.05) is 30.8 Å². The molecule has 0 saturated heterocycles. The number of fused-ring (bicyclic) bond motifs is 1. The minimum atomic E-state index is -0.0692. The van der Waals surface area contributed by atoms with Crippen molar-refractivity contribution in [3.63, 3.8) is 0 Å². The number of hydrogen-bond donors (Lipinski definition) is 0. The van der Waals surface area contributed by atoms with Gasteiger partial charge in [0.05, 0.1) is 23.7 Å². The third kappa shape index (κ3) is 2.76. The summed E-state index contributed by atoms with van der Waals surface area (Å²) >= 11 is 1.89. The van der Waals surface area contributed by atoms with Gasteiger partial charge in [0, 0.05) is 17.2 Å². The summed E-state index contributed by atoms with van der Waals surface area (Å²) in [5, 5.41) is 9.57. The molecule has 3 atom stereocenters. The lowest BCUT2D eigenvalue weighted by Gasteiger charge is -2.38. The molecule has 0 aliphatic carbocycles. The number of nitriles is 1. The van der Waals surface area contributed by atoms with Crippen LogP contribution in [0.5, 0.6) is 0 Å². The number of rotatable bonds is 3. The van der Waals surface area contributed by atoms with Crippen molar-refractivity contribution in [3.8, 4) is 6.07 Å². The van der Waals surface area contributed by atoms with Crippen LogP contribution in [0, 0.1) is 11.3 Å². The van der Waals surface area contributed by atoms with Gasteiger partial charge < -0.3 is 4.90 Å². The van der Waals surface area contributed by atoms with Crippen LogP contribution in [0.15, 0.2) is 47.9 Å². The van der Waals surface area contributed by atoms with Crippen molar-refractivity contribution >= 4 is 17.4 Å². The fraction of sp³-hybridized carbons (Fsp3) is 0.353. The van der Waals surface area contributed by atoms with Crippen LogP contribution < -0.4 is 4.90 Å². The Balaban J connectivity index is 2.39. The summed E-state index contributed by atoms with van der Waals surface area (Å²) in [6.07, 6.45) is 6.01. The standard InChI is InChI=1S/C17H20N2S/c1-5-6-7-15-13(3)20-17-9-8-14(12(2)11-18)10-16(17)19(15)4/h5-10,12-13,15H,1H2,2-4H3/b7-6-. The molecule has 0 aromatic heterocycles. The minimum Gasteiger partial charge on any atom is -0.366 e. The molecule has 2 rings (SSSR count). The van der Waals surface area contributed by atoms with Crippen LogP contribution in [-0.2, 0) is 0 Å². The van der Waals surface area contributed by atoms with Crippen LogP contribution in [0.25, 0.3) is 0 Å². The lowest BCUT2D eigenvalue weighted by molar-refractivity contribution is 0.717. The predicted molar refractivity (Wildman–Crippen MR) is 87.3 cm³/mol. The normalized spacial score (nSPS) is 23.2. The molecule has 1 aliphatic heterocycles. The Bertz CT molecular complexity index is 571. The number of benzene rings is 1. The number of thioether (sulfide) groups is 1. The van der Waals surface area contributed by atoms with E-state index in [2.05, 4.69) is 55.8 Å². The maximum Gasteiger partial charge on any atom is 0.0700 e. The SMILES string of the molecule is C=C/C=C\C1C(C)Sc2ccc(C(C)C#N)cc2N1C. The second-order valence-corrected chi connectivity index (χ2v) is 6.54. The highest BCUT2D eigenvalue weighted by Gasteiger charge is 2.28. The third-order valence-electron chi connectivity index (χ3n) is 3.74. The fourth-order valence-corrected chi connectivity index (χ4v) is 3.76. The van der Waals surface area contributed by atoms with E-state index in [1.54, 1.807) is 0 Å². The van der Waals surface area contributed by atoms with Crippen molar-refractivity contribution < 1.29 is 0 Å². The zero-order valence-corrected chi connectivity index (χ0v) is 13.0. The smallest absolute Gasteiger partial charge is 0.0700 e. The quantitative estimate of drug-likeness (QED) is 0.772. The second-order valence-electron chi connectivity index (χ2n) is 5.12. The van der Waals surface area contributed by atoms with Crippen molar-refractivity contribution in [1.82, 2.24) is 0 Å². The van der Waals surface area contributed by atoms with Gasteiger partial charge in [0.15, 0.2) is 0 Å². The molecule has 0 spiro atoms. The van der Waals surface area contributed by atoms with Gasteiger partial charge in [-0.05, 0) is 24.6 Å². The second kappa shape index (κ2) is 6.19. The highest BCUT2D eigenvalue weighted by molar-refractivity contribution is 8.00. The predicted octanol–water partition coefficient (Wildman–Crippen LogP) is 4.35. The zero-order valence-electron chi connectivity index (χ0n) is 12.2. The summed E-state index contributed by atoms with van der Waals surface area (Å²) in [4.78, 5) is 3.58. The van der Waals surface area contributed by atoms with Crippen LogP contribution in [0.2, 0.25) is 0 Å². The van der Waals surface area contributed by atoms with Crippen molar-refractivity contribution in [2.45, 2.75) is 36.0 Å². The van der Waals surface area contributed by atoms with E-state index in [0.717, 1.165) is 5.56 Å². The monoisotopic (exact) mass is 284 g/mol. The van der Waals surface area contributed by atoms with E-state index in [1.165, 1.54) is 10.6 Å². The van der Waals surface area contributed by atoms with Crippen molar-refractivity contribution in [3.05, 3.63) is 48.6 Å². The molecule has 3 heteroatoms. The summed E-state index contributed by atoms with van der Waals surface area (Å²) in [6, 6.07) is 9.01. The minimum absolute atomic E-state index is 0.0692. The number of allylic oxidation sites excluding steroid dienone is 2. The summed E-state index contributed by atoms with van der Waals surface area (Å²) in [7, 11) is 2.12. The first-order valence-corrected chi connectivity index (χ1v) is 7.68. The number of hydrogen-bond acceptors (Lipinski definition) is 3. The fourth-order valence-electron chi connectivity index (χ4n) is 2.48. The van der Waals surface area contributed by atoms with Gasteiger partial charge in [-0.3, -0.25) is 0 Å². The van der Waals surface area contributed by atoms with Crippen LogP contribution in [0.1, 0.15) is 25.3 Å². The molecule has 1 aromatic rings. The molecular formula is C17H20N2S. The molecule has 3 unspecified atom stereocenters. The Morgan fingerprint density at radius 3 is 2.90 bits per heavy atom. The molecule has 1 aromatic carbocycles. The lowest BCUT2D eigenvalue weighted by Crippen LogP contribution is -2.40. The maximum absolute atomic E-state index is 9.08. The summed E-state index contributed by atoms with van der Waals surface area (Å²) in [6.45, 7) is 7.92. The Labute approximate surface area is 125 Å². The molecule has 1 heterocycles. The molecule has 20 heavy (non-hydrogen) atoms. The largest absolute Gasteiger partial charge is 0.366 e. The molecule has 104 valence electrons. The Kier molecular flexibility index (Phi) is 4.57. The van der Waals surface area contributed by atoms with Gasteiger partial charge in [-0.2, -0.15) is 5.26 Å². The number of nitrogens with zero attached hydrogens (tertiary/aromatic N) is 2. The van der Waals surface area contributed by atoms with Crippen LogP contribution in [0.4, 0.5) is 5.69 Å². The maximum atomic E-state index is 9.08. The number of anilines is 1. The van der Waals surface area contributed by atoms with Gasteiger partial charge in [0.2, 0.25) is 0 Å². The van der Waals surface area contributed by atoms with E-state index < -0.39 is 0 Å². The van der Waals surface area contributed by atoms with Crippen LogP contribution in [0.3, 0.4) is 0 Å². The first-order valence-electron chi connectivity index (χ1n) is 6.80. The van der Waals surface area contributed by atoms with Crippen molar-refractivity contribution in [2.75, 3.05) is 11.9 Å². The average Bonchev–Trinajstić information content (AvgIpc) is 2.46. The van der Waals surface area contributed by atoms with E-state index in [0.29, 0.717) is 11.3 Å². The molecule has 0 radical (unpaired) electrons. The lowest BCUT2D eigenvalue weighted by atomic mass is 10.0. The molecule has 0 N–H and O–H groups in total. The highest BCUT2D eigenvalue weighted by atomic mass is 32.2. The van der Waals surface area contributed by atoms with Gasteiger partial charge >= 0.3 is 0 Å². The van der Waals surface area contributed by atoms with E-state index in [9.17, 15) is 0 Å².